The molecule has 40 heavy (non-hydrogen) atoms. The maximum absolute atomic E-state index is 14.2. The van der Waals surface area contributed by atoms with Gasteiger partial charge in [0, 0.05) is 44.4 Å². The third-order valence-electron chi connectivity index (χ3n) is 8.77. The van der Waals surface area contributed by atoms with Gasteiger partial charge in [0.15, 0.2) is 11.6 Å². The molecule has 2 fully saturated rings. The fraction of sp³-hybridized carbons (Fsp3) is 0.688. The Labute approximate surface area is 237 Å². The van der Waals surface area contributed by atoms with E-state index in [9.17, 15) is 18.4 Å². The van der Waals surface area contributed by atoms with Crippen LogP contribution in [-0.2, 0) is 15.9 Å². The van der Waals surface area contributed by atoms with Crippen LogP contribution < -0.4 is 21.1 Å². The normalized spacial score (nSPS) is 20.2. The van der Waals surface area contributed by atoms with E-state index in [1.807, 2.05) is 14.0 Å². The number of piperidine rings is 1. The van der Waals surface area contributed by atoms with Crippen molar-refractivity contribution in [3.8, 4) is 0 Å². The summed E-state index contributed by atoms with van der Waals surface area (Å²) in [6, 6.07) is 3.95. The molecule has 1 aliphatic heterocycles. The van der Waals surface area contributed by atoms with Crippen LogP contribution in [0.1, 0.15) is 81.9 Å². The Morgan fingerprint density at radius 1 is 1.02 bits per heavy atom. The first-order valence-electron chi connectivity index (χ1n) is 15.3. The molecule has 1 heterocycles. The van der Waals surface area contributed by atoms with Gasteiger partial charge in [-0.15, -0.1) is 0 Å². The zero-order valence-electron chi connectivity index (χ0n) is 24.2. The molecular weight excluding hydrogens is 514 g/mol. The fourth-order valence-electron chi connectivity index (χ4n) is 6.83. The van der Waals surface area contributed by atoms with E-state index >= 15 is 0 Å². The summed E-state index contributed by atoms with van der Waals surface area (Å²) in [6.07, 6.45) is 9.99. The Morgan fingerprint density at radius 3 is 2.55 bits per heavy atom. The number of nitrogens with zero attached hydrogens (tertiary/aromatic N) is 1. The van der Waals surface area contributed by atoms with Crippen molar-refractivity contribution in [2.45, 2.75) is 77.2 Å². The maximum Gasteiger partial charge on any atom is 0.249 e. The first kappa shape index (κ1) is 30.8. The second kappa shape index (κ2) is 15.2. The van der Waals surface area contributed by atoms with Crippen LogP contribution >= 0.6 is 0 Å². The van der Waals surface area contributed by atoms with E-state index in [0.29, 0.717) is 74.4 Å². The van der Waals surface area contributed by atoms with E-state index in [1.165, 1.54) is 38.2 Å². The molecule has 0 unspecified atom stereocenters. The van der Waals surface area contributed by atoms with Crippen molar-refractivity contribution >= 4 is 5.69 Å². The molecule has 4 rings (SSSR count). The summed E-state index contributed by atoms with van der Waals surface area (Å²) >= 11 is 0. The quantitative estimate of drug-likeness (QED) is 0.235. The van der Waals surface area contributed by atoms with Crippen molar-refractivity contribution in [1.29, 1.82) is 0 Å². The highest BCUT2D eigenvalue weighted by atomic mass is 19.2. The van der Waals surface area contributed by atoms with Crippen LogP contribution in [-0.4, -0.2) is 46.5 Å². The molecule has 1 aliphatic carbocycles. The Hall–Kier alpha value is -2.16. The van der Waals surface area contributed by atoms with Gasteiger partial charge in [0.05, 0.1) is 11.8 Å². The van der Waals surface area contributed by atoms with E-state index in [4.69, 9.17) is 9.47 Å². The van der Waals surface area contributed by atoms with Crippen LogP contribution in [0.3, 0.4) is 0 Å². The molecule has 2 aliphatic rings. The number of hydrogen-bond acceptors (Lipinski definition) is 6. The number of hydrogen-bond donors (Lipinski definition) is 1. The molecule has 0 radical (unpaired) electrons. The third kappa shape index (κ3) is 7.77. The second-order valence-corrected chi connectivity index (χ2v) is 11.7. The monoisotopic (exact) mass is 560 g/mol. The zero-order chi connectivity index (χ0) is 28.5. The maximum atomic E-state index is 14.2. The van der Waals surface area contributed by atoms with Gasteiger partial charge < -0.3 is 19.7 Å². The molecule has 1 saturated carbocycles. The van der Waals surface area contributed by atoms with E-state index in [-0.39, 0.29) is 11.3 Å². The highest BCUT2D eigenvalue weighted by Gasteiger charge is 2.35. The number of anilines is 1. The lowest BCUT2D eigenvalue weighted by Crippen LogP contribution is -2.49. The van der Waals surface area contributed by atoms with E-state index < -0.39 is 23.2 Å². The van der Waals surface area contributed by atoms with E-state index in [2.05, 4.69) is 10.2 Å². The van der Waals surface area contributed by atoms with Gasteiger partial charge in [-0.3, -0.25) is 9.59 Å². The van der Waals surface area contributed by atoms with Crippen molar-refractivity contribution in [1.82, 2.24) is 5.32 Å². The standard InChI is InChI=1S/C32H46F2N2O4/c1-3-39-15-8-16-40-32(24-12-13-27(33)28(34)19-24)25-11-7-14-36(21-25)29-26(30(37)31(29)38)18-23(20-35-2)17-22-9-5-4-6-10-22/h12-13,19,22-23,25,32,35H,3-11,14-18,20-21H2,1-2H3/t23-,25-,32+/m1/s1. The largest absolute Gasteiger partial charge is 0.382 e. The van der Waals surface area contributed by atoms with Gasteiger partial charge >= 0.3 is 0 Å². The number of benzene rings is 1. The molecule has 0 amide bonds. The number of nitrogens with one attached hydrogen (secondary N) is 1. The molecule has 2 aromatic rings. The first-order chi connectivity index (χ1) is 19.4. The fourth-order valence-corrected chi connectivity index (χ4v) is 6.83. The number of halogens is 2. The van der Waals surface area contributed by atoms with Crippen LogP contribution in [0.5, 0.6) is 0 Å². The minimum Gasteiger partial charge on any atom is -0.382 e. The lowest BCUT2D eigenvalue weighted by molar-refractivity contribution is -0.00488. The molecular formula is C32H46F2N2O4. The molecule has 8 heteroatoms. The van der Waals surface area contributed by atoms with Gasteiger partial charge in [-0.1, -0.05) is 38.2 Å². The summed E-state index contributed by atoms with van der Waals surface area (Å²) in [6.45, 7) is 5.62. The molecule has 222 valence electrons. The molecule has 0 spiro atoms. The summed E-state index contributed by atoms with van der Waals surface area (Å²) in [5, 5.41) is 3.30. The minimum atomic E-state index is -0.897. The molecule has 2 aromatic carbocycles. The van der Waals surface area contributed by atoms with Crippen LogP contribution in [0.15, 0.2) is 27.8 Å². The zero-order valence-corrected chi connectivity index (χ0v) is 24.2. The average Bonchev–Trinajstić information content (AvgIpc) is 2.97. The number of rotatable bonds is 15. The Bertz CT molecular complexity index is 1140. The summed E-state index contributed by atoms with van der Waals surface area (Å²) in [5.74, 6) is -0.802. The Morgan fingerprint density at radius 2 is 1.82 bits per heavy atom. The Balaban J connectivity index is 1.49. The lowest BCUT2D eigenvalue weighted by Gasteiger charge is -2.39. The highest BCUT2D eigenvalue weighted by Crippen LogP contribution is 2.36. The van der Waals surface area contributed by atoms with Crippen molar-refractivity contribution < 1.29 is 18.3 Å². The summed E-state index contributed by atoms with van der Waals surface area (Å²) < 4.78 is 39.6. The Kier molecular flexibility index (Phi) is 11.7. The van der Waals surface area contributed by atoms with Crippen LogP contribution in [0.4, 0.5) is 14.5 Å². The average molecular weight is 561 g/mol. The summed E-state index contributed by atoms with van der Waals surface area (Å²) in [7, 11) is 1.94. The van der Waals surface area contributed by atoms with E-state index in [1.54, 1.807) is 6.07 Å². The van der Waals surface area contributed by atoms with Crippen LogP contribution in [0, 0.1) is 29.4 Å². The molecule has 0 aromatic heterocycles. The minimum absolute atomic E-state index is 0.0294. The van der Waals surface area contributed by atoms with Gasteiger partial charge in [-0.05, 0) is 82.2 Å². The molecule has 3 atom stereocenters. The molecule has 1 saturated heterocycles. The lowest BCUT2D eigenvalue weighted by atomic mass is 9.80. The van der Waals surface area contributed by atoms with Crippen LogP contribution in [0.25, 0.3) is 0 Å². The van der Waals surface area contributed by atoms with Gasteiger partial charge in [0.2, 0.25) is 10.9 Å². The topological polar surface area (TPSA) is 67.9 Å². The van der Waals surface area contributed by atoms with Gasteiger partial charge in [-0.25, -0.2) is 8.78 Å². The molecule has 6 nitrogen and oxygen atoms in total. The molecule has 0 bridgehead atoms. The van der Waals surface area contributed by atoms with Gasteiger partial charge in [0.25, 0.3) is 0 Å². The third-order valence-corrected chi connectivity index (χ3v) is 8.77. The first-order valence-corrected chi connectivity index (χ1v) is 15.3. The summed E-state index contributed by atoms with van der Waals surface area (Å²) in [4.78, 5) is 27.8. The summed E-state index contributed by atoms with van der Waals surface area (Å²) in [5.41, 5.74) is 1.10. The molecule has 1 N–H and O–H groups in total. The second-order valence-electron chi connectivity index (χ2n) is 11.7. The van der Waals surface area contributed by atoms with Gasteiger partial charge in [-0.2, -0.15) is 0 Å². The number of ether oxygens (including phenoxy) is 2. The predicted molar refractivity (Wildman–Crippen MR) is 155 cm³/mol. The smallest absolute Gasteiger partial charge is 0.249 e. The van der Waals surface area contributed by atoms with E-state index in [0.717, 1.165) is 31.9 Å². The van der Waals surface area contributed by atoms with Crippen molar-refractivity contribution in [3.63, 3.8) is 0 Å². The predicted octanol–water partition coefficient (Wildman–Crippen LogP) is 5.31. The van der Waals surface area contributed by atoms with Crippen LogP contribution in [0.2, 0.25) is 0 Å². The highest BCUT2D eigenvalue weighted by molar-refractivity contribution is 5.59. The van der Waals surface area contributed by atoms with Gasteiger partial charge in [0.1, 0.15) is 0 Å². The van der Waals surface area contributed by atoms with Crippen molar-refractivity contribution in [2.75, 3.05) is 51.4 Å². The van der Waals surface area contributed by atoms with Crippen molar-refractivity contribution in [3.05, 3.63) is 61.4 Å². The SMILES string of the molecule is CCOCCCO[C@@H](c1ccc(F)c(F)c1)[C@@H]1CCCN(c2c(C[C@H](CNC)CC3CCCCC3)c(=O)c2=O)C1. The van der Waals surface area contributed by atoms with Crippen molar-refractivity contribution in [2.24, 2.45) is 17.8 Å².